The molecule has 0 radical (unpaired) electrons. The highest BCUT2D eigenvalue weighted by atomic mass is 16.5. The lowest BCUT2D eigenvalue weighted by atomic mass is 9.98. The summed E-state index contributed by atoms with van der Waals surface area (Å²) in [5.74, 6) is 0.666. The summed E-state index contributed by atoms with van der Waals surface area (Å²) in [5.41, 5.74) is 9.56. The van der Waals surface area contributed by atoms with Crippen molar-refractivity contribution in [3.8, 4) is 5.75 Å². The first-order valence-electron chi connectivity index (χ1n) is 7.50. The summed E-state index contributed by atoms with van der Waals surface area (Å²) < 4.78 is 5.93. The smallest absolute Gasteiger partial charge is 0.268 e. The molecule has 0 bridgehead atoms. The first-order chi connectivity index (χ1) is 10.6. The average molecular weight is 296 g/mol. The molecule has 2 aromatic carbocycles. The Bertz CT molecular complexity index is 712. The molecule has 0 aliphatic carbocycles. The van der Waals surface area contributed by atoms with Crippen LogP contribution in [-0.2, 0) is 17.6 Å². The molecule has 3 rings (SSSR count). The Balaban J connectivity index is 1.90. The number of nitrogens with zero attached hydrogens (tertiary/aromatic N) is 1. The number of ether oxygens (including phenoxy) is 1. The van der Waals surface area contributed by atoms with Crippen molar-refractivity contribution in [2.24, 2.45) is 0 Å². The fourth-order valence-corrected chi connectivity index (χ4v) is 2.86. The van der Waals surface area contributed by atoms with Crippen molar-refractivity contribution in [1.82, 2.24) is 0 Å². The maximum absolute atomic E-state index is 12.6. The highest BCUT2D eigenvalue weighted by molar-refractivity contribution is 6.00. The molecule has 114 valence electrons. The minimum Gasteiger partial charge on any atom is -0.478 e. The standard InChI is InChI=1S/C18H20N2O2/c1-3-12-6-4-5-7-13(12)10-17-18(21)20(2)15-11-14(19)8-9-16(15)22-17/h4-9,11,17H,3,10,19H2,1-2H3. The van der Waals surface area contributed by atoms with Crippen LogP contribution in [0.15, 0.2) is 42.5 Å². The molecule has 1 unspecified atom stereocenters. The normalized spacial score (nSPS) is 17.1. The van der Waals surface area contributed by atoms with Crippen molar-refractivity contribution in [3.05, 3.63) is 53.6 Å². The monoisotopic (exact) mass is 296 g/mol. The van der Waals surface area contributed by atoms with E-state index in [0.717, 1.165) is 17.7 Å². The maximum Gasteiger partial charge on any atom is 0.268 e. The zero-order chi connectivity index (χ0) is 15.7. The summed E-state index contributed by atoms with van der Waals surface area (Å²) in [6, 6.07) is 13.6. The van der Waals surface area contributed by atoms with Crippen molar-refractivity contribution in [2.75, 3.05) is 17.7 Å². The van der Waals surface area contributed by atoms with Gasteiger partial charge < -0.3 is 15.4 Å². The van der Waals surface area contributed by atoms with Crippen LogP contribution in [0.3, 0.4) is 0 Å². The van der Waals surface area contributed by atoms with Crippen LogP contribution in [-0.4, -0.2) is 19.1 Å². The number of carbonyl (C=O) groups excluding carboxylic acids is 1. The molecule has 2 N–H and O–H groups in total. The van der Waals surface area contributed by atoms with Gasteiger partial charge in [0.15, 0.2) is 6.10 Å². The van der Waals surface area contributed by atoms with Crippen LogP contribution in [0.2, 0.25) is 0 Å². The lowest BCUT2D eigenvalue weighted by Gasteiger charge is -2.32. The quantitative estimate of drug-likeness (QED) is 0.886. The molecule has 1 amide bonds. The fraction of sp³-hybridized carbons (Fsp3) is 0.278. The van der Waals surface area contributed by atoms with Gasteiger partial charge in [0.25, 0.3) is 5.91 Å². The van der Waals surface area contributed by atoms with E-state index in [9.17, 15) is 4.79 Å². The number of carbonyl (C=O) groups is 1. The summed E-state index contributed by atoms with van der Waals surface area (Å²) >= 11 is 0. The number of amides is 1. The molecule has 0 spiro atoms. The predicted octanol–water partition coefficient (Wildman–Crippen LogP) is 2.80. The molecule has 1 aliphatic heterocycles. The Hall–Kier alpha value is -2.49. The largest absolute Gasteiger partial charge is 0.478 e. The molecular weight excluding hydrogens is 276 g/mol. The van der Waals surface area contributed by atoms with Crippen LogP contribution < -0.4 is 15.4 Å². The minimum atomic E-state index is -0.492. The van der Waals surface area contributed by atoms with E-state index in [1.54, 1.807) is 24.1 Å². The van der Waals surface area contributed by atoms with Crippen LogP contribution >= 0.6 is 0 Å². The molecule has 0 fully saturated rings. The van der Waals surface area contributed by atoms with E-state index in [-0.39, 0.29) is 5.91 Å². The topological polar surface area (TPSA) is 55.6 Å². The van der Waals surface area contributed by atoms with Gasteiger partial charge in [0, 0.05) is 19.2 Å². The number of nitrogens with two attached hydrogens (primary N) is 1. The van der Waals surface area contributed by atoms with Gasteiger partial charge in [-0.05, 0) is 35.7 Å². The van der Waals surface area contributed by atoms with E-state index in [2.05, 4.69) is 19.1 Å². The number of likely N-dealkylation sites (N-methyl/N-ethyl adjacent to an activating group) is 1. The number of hydrogen-bond acceptors (Lipinski definition) is 3. The molecule has 22 heavy (non-hydrogen) atoms. The van der Waals surface area contributed by atoms with E-state index in [0.29, 0.717) is 17.9 Å². The van der Waals surface area contributed by atoms with Crippen molar-refractivity contribution < 1.29 is 9.53 Å². The van der Waals surface area contributed by atoms with Gasteiger partial charge in [-0.2, -0.15) is 0 Å². The average Bonchev–Trinajstić information content (AvgIpc) is 2.53. The Morgan fingerprint density at radius 1 is 1.18 bits per heavy atom. The maximum atomic E-state index is 12.6. The van der Waals surface area contributed by atoms with Gasteiger partial charge in [0.1, 0.15) is 5.75 Å². The second-order valence-electron chi connectivity index (χ2n) is 5.56. The van der Waals surface area contributed by atoms with Crippen molar-refractivity contribution in [2.45, 2.75) is 25.9 Å². The number of hydrogen-bond donors (Lipinski definition) is 1. The van der Waals surface area contributed by atoms with Crippen molar-refractivity contribution >= 4 is 17.3 Å². The Morgan fingerprint density at radius 3 is 2.64 bits per heavy atom. The SMILES string of the molecule is CCc1ccccc1CC1Oc2ccc(N)cc2N(C)C1=O. The highest BCUT2D eigenvalue weighted by Gasteiger charge is 2.32. The van der Waals surface area contributed by atoms with Crippen molar-refractivity contribution in [3.63, 3.8) is 0 Å². The van der Waals surface area contributed by atoms with E-state index in [4.69, 9.17) is 10.5 Å². The molecule has 4 nitrogen and oxygen atoms in total. The van der Waals surface area contributed by atoms with Gasteiger partial charge in [-0.1, -0.05) is 31.2 Å². The third kappa shape index (κ3) is 2.52. The molecule has 2 aromatic rings. The third-order valence-electron chi connectivity index (χ3n) is 4.12. The Morgan fingerprint density at radius 2 is 1.91 bits per heavy atom. The van der Waals surface area contributed by atoms with E-state index in [1.807, 2.05) is 18.2 Å². The molecule has 1 atom stereocenters. The zero-order valence-corrected chi connectivity index (χ0v) is 12.9. The Labute approximate surface area is 130 Å². The first kappa shape index (κ1) is 14.4. The lowest BCUT2D eigenvalue weighted by molar-refractivity contribution is -0.125. The van der Waals surface area contributed by atoms with Crippen LogP contribution in [0.5, 0.6) is 5.75 Å². The lowest BCUT2D eigenvalue weighted by Crippen LogP contribution is -2.45. The van der Waals surface area contributed by atoms with E-state index in [1.165, 1.54) is 5.56 Å². The van der Waals surface area contributed by atoms with Crippen molar-refractivity contribution in [1.29, 1.82) is 0 Å². The summed E-state index contributed by atoms with van der Waals surface area (Å²) in [6.45, 7) is 2.12. The van der Waals surface area contributed by atoms with Crippen LogP contribution in [0.1, 0.15) is 18.1 Å². The molecule has 0 aromatic heterocycles. The van der Waals surface area contributed by atoms with Crippen LogP contribution in [0.4, 0.5) is 11.4 Å². The summed E-state index contributed by atoms with van der Waals surface area (Å²) in [4.78, 5) is 14.2. The molecule has 0 saturated carbocycles. The van der Waals surface area contributed by atoms with Crippen LogP contribution in [0.25, 0.3) is 0 Å². The second kappa shape index (κ2) is 5.72. The van der Waals surface area contributed by atoms with E-state index < -0.39 is 6.10 Å². The Kier molecular flexibility index (Phi) is 3.75. The summed E-state index contributed by atoms with van der Waals surface area (Å²) in [6.07, 6.45) is 1.03. The number of aryl methyl sites for hydroxylation is 1. The molecular formula is C18H20N2O2. The van der Waals surface area contributed by atoms with E-state index >= 15 is 0 Å². The summed E-state index contributed by atoms with van der Waals surface area (Å²) in [5, 5.41) is 0. The van der Waals surface area contributed by atoms with Gasteiger partial charge >= 0.3 is 0 Å². The molecule has 4 heteroatoms. The molecule has 0 saturated heterocycles. The number of fused-ring (bicyclic) bond motifs is 1. The number of nitrogen functional groups attached to an aromatic ring is 1. The van der Waals surface area contributed by atoms with Gasteiger partial charge in [-0.3, -0.25) is 4.79 Å². The zero-order valence-electron chi connectivity index (χ0n) is 12.9. The third-order valence-corrected chi connectivity index (χ3v) is 4.12. The second-order valence-corrected chi connectivity index (χ2v) is 5.56. The van der Waals surface area contributed by atoms with Gasteiger partial charge in [0.2, 0.25) is 0 Å². The number of benzene rings is 2. The highest BCUT2D eigenvalue weighted by Crippen LogP contribution is 2.35. The van der Waals surface area contributed by atoms with Gasteiger partial charge in [-0.15, -0.1) is 0 Å². The van der Waals surface area contributed by atoms with Crippen LogP contribution in [0, 0.1) is 0 Å². The fourth-order valence-electron chi connectivity index (χ4n) is 2.86. The number of rotatable bonds is 3. The first-order valence-corrected chi connectivity index (χ1v) is 7.50. The predicted molar refractivity (Wildman–Crippen MR) is 88.2 cm³/mol. The van der Waals surface area contributed by atoms with Gasteiger partial charge in [-0.25, -0.2) is 0 Å². The number of anilines is 2. The van der Waals surface area contributed by atoms with Gasteiger partial charge in [0.05, 0.1) is 5.69 Å². The summed E-state index contributed by atoms with van der Waals surface area (Å²) in [7, 11) is 1.77. The molecule has 1 aliphatic rings. The molecule has 1 heterocycles. The minimum absolute atomic E-state index is 0.0380.